The number of hydrogen-bond acceptors (Lipinski definition) is 7. The van der Waals surface area contributed by atoms with Gasteiger partial charge < -0.3 is 4.74 Å². The molecule has 1 amide bonds. The summed E-state index contributed by atoms with van der Waals surface area (Å²) >= 11 is 1.29. The van der Waals surface area contributed by atoms with Gasteiger partial charge in [0.15, 0.2) is 11.0 Å². The average molecular weight is 473 g/mol. The van der Waals surface area contributed by atoms with Gasteiger partial charge in [-0.25, -0.2) is 5.43 Å². The molecule has 0 aliphatic heterocycles. The molecule has 8 nitrogen and oxygen atoms in total. The zero-order chi connectivity index (χ0) is 23.8. The maximum atomic E-state index is 12.5. The van der Waals surface area contributed by atoms with Gasteiger partial charge in [0, 0.05) is 29.2 Å². The molecule has 0 radical (unpaired) electrons. The molecular formula is C25H24N6O2S. The lowest BCUT2D eigenvalue weighted by Gasteiger charge is -2.11. The Morgan fingerprint density at radius 2 is 1.85 bits per heavy atom. The van der Waals surface area contributed by atoms with Crippen molar-refractivity contribution in [3.8, 4) is 22.8 Å². The monoisotopic (exact) mass is 472 g/mol. The molecule has 0 atom stereocenters. The number of nitrogens with zero attached hydrogens (tertiary/aromatic N) is 5. The lowest BCUT2D eigenvalue weighted by molar-refractivity contribution is -0.118. The van der Waals surface area contributed by atoms with Gasteiger partial charge in [0.05, 0.1) is 18.1 Å². The van der Waals surface area contributed by atoms with Gasteiger partial charge in [0.1, 0.15) is 5.75 Å². The maximum absolute atomic E-state index is 12.5. The van der Waals surface area contributed by atoms with Gasteiger partial charge in [0.2, 0.25) is 0 Å². The van der Waals surface area contributed by atoms with Crippen molar-refractivity contribution in [2.75, 3.05) is 12.4 Å². The number of benzene rings is 2. The van der Waals surface area contributed by atoms with E-state index in [0.717, 1.165) is 22.6 Å². The predicted octanol–water partition coefficient (Wildman–Crippen LogP) is 4.36. The van der Waals surface area contributed by atoms with Crippen molar-refractivity contribution < 1.29 is 9.53 Å². The van der Waals surface area contributed by atoms with E-state index in [1.165, 1.54) is 11.8 Å². The van der Waals surface area contributed by atoms with Crippen molar-refractivity contribution in [1.82, 2.24) is 25.2 Å². The first-order valence-corrected chi connectivity index (χ1v) is 11.7. The highest BCUT2D eigenvalue weighted by atomic mass is 32.2. The molecule has 0 saturated heterocycles. The Balaban J connectivity index is 1.53. The van der Waals surface area contributed by atoms with E-state index in [2.05, 4.69) is 25.7 Å². The minimum Gasteiger partial charge on any atom is -0.494 e. The molecule has 2 aromatic heterocycles. The smallest absolute Gasteiger partial charge is 0.250 e. The van der Waals surface area contributed by atoms with Crippen LogP contribution in [0, 0.1) is 0 Å². The van der Waals surface area contributed by atoms with Crippen LogP contribution in [0.3, 0.4) is 0 Å². The van der Waals surface area contributed by atoms with E-state index in [9.17, 15) is 4.79 Å². The summed E-state index contributed by atoms with van der Waals surface area (Å²) in [7, 11) is 0. The number of hydrazone groups is 1. The Morgan fingerprint density at radius 1 is 1.06 bits per heavy atom. The Labute approximate surface area is 202 Å². The second kappa shape index (κ2) is 11.2. The van der Waals surface area contributed by atoms with Crippen molar-refractivity contribution in [2.45, 2.75) is 19.0 Å². The second-order valence-corrected chi connectivity index (χ2v) is 8.14. The molecule has 172 valence electrons. The Morgan fingerprint density at radius 3 is 2.56 bits per heavy atom. The molecule has 4 aromatic rings. The van der Waals surface area contributed by atoms with Crippen LogP contribution < -0.4 is 10.2 Å². The van der Waals surface area contributed by atoms with Gasteiger partial charge in [-0.1, -0.05) is 48.2 Å². The average Bonchev–Trinajstić information content (AvgIpc) is 3.31. The fourth-order valence-electron chi connectivity index (χ4n) is 3.18. The third-order valence-corrected chi connectivity index (χ3v) is 5.76. The lowest BCUT2D eigenvalue weighted by atomic mass is 10.2. The third-order valence-electron chi connectivity index (χ3n) is 4.83. The van der Waals surface area contributed by atoms with E-state index >= 15 is 0 Å². The highest BCUT2D eigenvalue weighted by Gasteiger charge is 2.17. The molecule has 0 aliphatic rings. The normalized spacial score (nSPS) is 11.3. The number of ether oxygens (including phenoxy) is 1. The Kier molecular flexibility index (Phi) is 7.67. The molecule has 0 saturated carbocycles. The molecule has 0 unspecified atom stereocenters. The van der Waals surface area contributed by atoms with Crippen molar-refractivity contribution in [1.29, 1.82) is 0 Å². The van der Waals surface area contributed by atoms with Gasteiger partial charge in [0.25, 0.3) is 5.91 Å². The summed E-state index contributed by atoms with van der Waals surface area (Å²) < 4.78 is 7.50. The molecule has 2 aromatic carbocycles. The quantitative estimate of drug-likeness (QED) is 0.221. The van der Waals surface area contributed by atoms with E-state index in [-0.39, 0.29) is 11.7 Å². The molecule has 2 heterocycles. The number of aromatic nitrogens is 4. The summed E-state index contributed by atoms with van der Waals surface area (Å²) in [5.74, 6) is 1.37. The van der Waals surface area contributed by atoms with Crippen molar-refractivity contribution in [3.63, 3.8) is 0 Å². The highest BCUT2D eigenvalue weighted by Crippen LogP contribution is 2.28. The van der Waals surface area contributed by atoms with Crippen LogP contribution in [0.5, 0.6) is 5.75 Å². The molecule has 4 rings (SSSR count). The fourth-order valence-corrected chi connectivity index (χ4v) is 3.92. The van der Waals surface area contributed by atoms with E-state index in [0.29, 0.717) is 23.3 Å². The SMILES string of the molecule is CCOc1ccc(-n2c(SCC(=O)N/N=C(\C)c3cccnc3)nnc2-c2ccccc2)cc1. The largest absolute Gasteiger partial charge is 0.494 e. The number of carbonyl (C=O) groups excluding carboxylic acids is 1. The van der Waals surface area contributed by atoms with Crippen LogP contribution in [0.2, 0.25) is 0 Å². The van der Waals surface area contributed by atoms with Crippen LogP contribution >= 0.6 is 11.8 Å². The minimum absolute atomic E-state index is 0.133. The zero-order valence-electron chi connectivity index (χ0n) is 18.9. The van der Waals surface area contributed by atoms with Gasteiger partial charge in [-0.3, -0.25) is 14.3 Å². The summed E-state index contributed by atoms with van der Waals surface area (Å²) in [6, 6.07) is 21.2. The van der Waals surface area contributed by atoms with Crippen LogP contribution in [0.15, 0.2) is 89.4 Å². The third kappa shape index (κ3) is 5.68. The zero-order valence-corrected chi connectivity index (χ0v) is 19.7. The van der Waals surface area contributed by atoms with Crippen LogP contribution in [-0.2, 0) is 4.79 Å². The van der Waals surface area contributed by atoms with Crippen LogP contribution in [0.1, 0.15) is 19.4 Å². The van der Waals surface area contributed by atoms with Gasteiger partial charge in [-0.2, -0.15) is 5.10 Å². The maximum Gasteiger partial charge on any atom is 0.250 e. The molecule has 9 heteroatoms. The predicted molar refractivity (Wildman–Crippen MR) is 133 cm³/mol. The first-order chi connectivity index (χ1) is 16.7. The molecule has 34 heavy (non-hydrogen) atoms. The summed E-state index contributed by atoms with van der Waals surface area (Å²) in [4.78, 5) is 16.5. The molecule has 1 N–H and O–H groups in total. The van der Waals surface area contributed by atoms with Gasteiger partial charge in [-0.05, 0) is 44.2 Å². The minimum atomic E-state index is -0.240. The highest BCUT2D eigenvalue weighted by molar-refractivity contribution is 7.99. The van der Waals surface area contributed by atoms with E-state index in [4.69, 9.17) is 4.74 Å². The molecule has 0 fully saturated rings. The number of rotatable bonds is 9. The number of nitrogens with one attached hydrogen (secondary N) is 1. The number of pyridine rings is 1. The fraction of sp³-hybridized carbons (Fsp3) is 0.160. The van der Waals surface area contributed by atoms with Crippen LogP contribution in [0.4, 0.5) is 0 Å². The number of thioether (sulfide) groups is 1. The number of hydrogen-bond donors (Lipinski definition) is 1. The molecule has 0 bridgehead atoms. The number of carbonyl (C=O) groups is 1. The van der Waals surface area contributed by atoms with E-state index in [1.807, 2.05) is 85.1 Å². The standard InChI is InChI=1S/C25H24N6O2S/c1-3-33-22-13-11-21(12-14-22)31-24(19-8-5-4-6-9-19)29-30-25(31)34-17-23(32)28-27-18(2)20-10-7-15-26-16-20/h4-16H,3,17H2,1-2H3,(H,28,32)/b27-18+. The first-order valence-electron chi connectivity index (χ1n) is 10.8. The van der Waals surface area contributed by atoms with Crippen LogP contribution in [-0.4, -0.2) is 43.7 Å². The summed E-state index contributed by atoms with van der Waals surface area (Å²) in [6.45, 7) is 4.36. The van der Waals surface area contributed by atoms with Crippen molar-refractivity contribution in [3.05, 3.63) is 84.7 Å². The Hall–Kier alpha value is -3.98. The van der Waals surface area contributed by atoms with Crippen LogP contribution in [0.25, 0.3) is 17.1 Å². The number of amides is 1. The first kappa shape index (κ1) is 23.2. The summed E-state index contributed by atoms with van der Waals surface area (Å²) in [6.07, 6.45) is 3.39. The van der Waals surface area contributed by atoms with Crippen molar-refractivity contribution >= 4 is 23.4 Å². The molecule has 0 spiro atoms. The Bertz CT molecular complexity index is 1260. The van der Waals surface area contributed by atoms with Gasteiger partial charge in [-0.15, -0.1) is 10.2 Å². The lowest BCUT2D eigenvalue weighted by Crippen LogP contribution is -2.21. The second-order valence-electron chi connectivity index (χ2n) is 7.20. The van der Waals surface area contributed by atoms with E-state index < -0.39 is 0 Å². The van der Waals surface area contributed by atoms with Gasteiger partial charge >= 0.3 is 0 Å². The molecular weight excluding hydrogens is 448 g/mol. The van der Waals surface area contributed by atoms with Crippen molar-refractivity contribution in [2.24, 2.45) is 5.10 Å². The summed E-state index contributed by atoms with van der Waals surface area (Å²) in [5.41, 5.74) is 5.92. The summed E-state index contributed by atoms with van der Waals surface area (Å²) in [5, 5.41) is 13.5. The van der Waals surface area contributed by atoms with E-state index in [1.54, 1.807) is 12.4 Å². The topological polar surface area (TPSA) is 94.3 Å². The molecule has 0 aliphatic carbocycles.